The van der Waals surface area contributed by atoms with E-state index in [4.69, 9.17) is 0 Å². The highest BCUT2D eigenvalue weighted by molar-refractivity contribution is 5.81. The smallest absolute Gasteiger partial charge is 0.237 e. The molecule has 1 unspecified atom stereocenters. The van der Waals surface area contributed by atoms with Crippen LogP contribution in [0.2, 0.25) is 0 Å². The number of carbonyl (C=O) groups is 1. The Morgan fingerprint density at radius 3 is 2.29 bits per heavy atom. The molecule has 100 valence electrons. The number of aliphatic hydroxyl groups is 1. The molecule has 1 fully saturated rings. The molecule has 0 saturated heterocycles. The van der Waals surface area contributed by atoms with Gasteiger partial charge < -0.3 is 10.4 Å². The molecular weight excluding hydrogens is 216 g/mol. The van der Waals surface area contributed by atoms with Crippen molar-refractivity contribution in [1.29, 1.82) is 0 Å². The van der Waals surface area contributed by atoms with Crippen molar-refractivity contribution in [3.63, 3.8) is 0 Å². The SMILES string of the molecule is CC(C)NC(=O)C(C)NC1(CO)CCCCC1. The number of amides is 1. The predicted octanol–water partition coefficient (Wildman–Crippen LogP) is 1.18. The maximum atomic E-state index is 11.8. The average molecular weight is 242 g/mol. The molecule has 1 atom stereocenters. The first-order chi connectivity index (χ1) is 7.99. The fraction of sp³-hybridized carbons (Fsp3) is 0.923. The molecule has 4 heteroatoms. The topological polar surface area (TPSA) is 61.4 Å². The van der Waals surface area contributed by atoms with Gasteiger partial charge in [-0.25, -0.2) is 0 Å². The molecule has 0 aliphatic heterocycles. The van der Waals surface area contributed by atoms with Crippen LogP contribution in [0.4, 0.5) is 0 Å². The summed E-state index contributed by atoms with van der Waals surface area (Å²) in [4.78, 5) is 11.8. The highest BCUT2D eigenvalue weighted by atomic mass is 16.3. The Kier molecular flexibility index (Phi) is 5.40. The van der Waals surface area contributed by atoms with Crippen LogP contribution in [-0.2, 0) is 4.79 Å². The lowest BCUT2D eigenvalue weighted by molar-refractivity contribution is -0.124. The van der Waals surface area contributed by atoms with Crippen molar-refractivity contribution in [2.45, 2.75) is 70.5 Å². The molecule has 0 aromatic rings. The fourth-order valence-electron chi connectivity index (χ4n) is 2.51. The van der Waals surface area contributed by atoms with E-state index in [2.05, 4.69) is 10.6 Å². The van der Waals surface area contributed by atoms with Crippen molar-refractivity contribution in [2.24, 2.45) is 0 Å². The van der Waals surface area contributed by atoms with Gasteiger partial charge in [0.15, 0.2) is 0 Å². The van der Waals surface area contributed by atoms with E-state index < -0.39 is 0 Å². The van der Waals surface area contributed by atoms with Crippen LogP contribution in [0.15, 0.2) is 0 Å². The van der Waals surface area contributed by atoms with Crippen LogP contribution in [0, 0.1) is 0 Å². The Hall–Kier alpha value is -0.610. The van der Waals surface area contributed by atoms with E-state index in [-0.39, 0.29) is 30.1 Å². The molecule has 4 nitrogen and oxygen atoms in total. The molecule has 1 aliphatic carbocycles. The molecule has 0 spiro atoms. The molecule has 1 rings (SSSR count). The van der Waals surface area contributed by atoms with E-state index >= 15 is 0 Å². The van der Waals surface area contributed by atoms with Gasteiger partial charge in [-0.2, -0.15) is 0 Å². The van der Waals surface area contributed by atoms with Crippen molar-refractivity contribution in [3.8, 4) is 0 Å². The molecular formula is C13H26N2O2. The summed E-state index contributed by atoms with van der Waals surface area (Å²) in [6.07, 6.45) is 5.42. The quantitative estimate of drug-likeness (QED) is 0.678. The minimum atomic E-state index is -0.248. The summed E-state index contributed by atoms with van der Waals surface area (Å²) in [6.45, 7) is 5.89. The lowest BCUT2D eigenvalue weighted by Gasteiger charge is -2.38. The van der Waals surface area contributed by atoms with Crippen LogP contribution >= 0.6 is 0 Å². The van der Waals surface area contributed by atoms with Gasteiger partial charge in [0.2, 0.25) is 5.91 Å². The molecule has 17 heavy (non-hydrogen) atoms. The van der Waals surface area contributed by atoms with Crippen LogP contribution < -0.4 is 10.6 Å². The highest BCUT2D eigenvalue weighted by Gasteiger charge is 2.33. The van der Waals surface area contributed by atoms with Crippen molar-refractivity contribution in [2.75, 3.05) is 6.61 Å². The van der Waals surface area contributed by atoms with Crippen molar-refractivity contribution < 1.29 is 9.90 Å². The maximum absolute atomic E-state index is 11.8. The molecule has 0 heterocycles. The largest absolute Gasteiger partial charge is 0.394 e. The summed E-state index contributed by atoms with van der Waals surface area (Å²) >= 11 is 0. The van der Waals surface area contributed by atoms with Gasteiger partial charge in [-0.3, -0.25) is 10.1 Å². The van der Waals surface area contributed by atoms with Crippen molar-refractivity contribution >= 4 is 5.91 Å². The number of rotatable bonds is 5. The Bertz CT molecular complexity index is 248. The number of hydrogen-bond donors (Lipinski definition) is 3. The minimum absolute atomic E-state index is 0.0124. The van der Waals surface area contributed by atoms with Crippen LogP contribution in [0.25, 0.3) is 0 Å². The van der Waals surface area contributed by atoms with Crippen LogP contribution in [-0.4, -0.2) is 35.2 Å². The molecule has 0 bridgehead atoms. The Morgan fingerprint density at radius 2 is 1.82 bits per heavy atom. The minimum Gasteiger partial charge on any atom is -0.394 e. The molecule has 0 aromatic heterocycles. The molecule has 0 aromatic carbocycles. The zero-order valence-corrected chi connectivity index (χ0v) is 11.3. The van der Waals surface area contributed by atoms with E-state index in [1.165, 1.54) is 6.42 Å². The van der Waals surface area contributed by atoms with E-state index in [1.807, 2.05) is 20.8 Å². The third-order valence-electron chi connectivity index (χ3n) is 3.46. The molecule has 1 saturated carbocycles. The lowest BCUT2D eigenvalue weighted by atomic mass is 9.82. The summed E-state index contributed by atoms with van der Waals surface area (Å²) in [6, 6.07) is -0.0918. The Morgan fingerprint density at radius 1 is 1.24 bits per heavy atom. The third-order valence-corrected chi connectivity index (χ3v) is 3.46. The fourth-order valence-corrected chi connectivity index (χ4v) is 2.51. The summed E-state index contributed by atoms with van der Waals surface area (Å²) in [5.74, 6) is 0.0124. The van der Waals surface area contributed by atoms with Crippen LogP contribution in [0.1, 0.15) is 52.9 Å². The molecule has 1 amide bonds. The van der Waals surface area contributed by atoms with Gasteiger partial charge in [0.1, 0.15) is 0 Å². The van der Waals surface area contributed by atoms with Gasteiger partial charge in [-0.05, 0) is 33.6 Å². The first-order valence-electron chi connectivity index (χ1n) is 6.68. The second-order valence-corrected chi connectivity index (χ2v) is 5.53. The van der Waals surface area contributed by atoms with Crippen LogP contribution in [0.3, 0.4) is 0 Å². The van der Waals surface area contributed by atoms with Crippen LogP contribution in [0.5, 0.6) is 0 Å². The van der Waals surface area contributed by atoms with Gasteiger partial charge in [0, 0.05) is 11.6 Å². The predicted molar refractivity (Wildman–Crippen MR) is 68.8 cm³/mol. The monoisotopic (exact) mass is 242 g/mol. The van der Waals surface area contributed by atoms with E-state index in [0.717, 1.165) is 25.7 Å². The number of hydrogen-bond acceptors (Lipinski definition) is 3. The third kappa shape index (κ3) is 4.28. The zero-order valence-electron chi connectivity index (χ0n) is 11.3. The Balaban J connectivity index is 2.52. The second kappa shape index (κ2) is 6.36. The van der Waals surface area contributed by atoms with E-state index in [0.29, 0.717) is 0 Å². The summed E-state index contributed by atoms with van der Waals surface area (Å²) in [7, 11) is 0. The van der Waals surface area contributed by atoms with E-state index in [1.54, 1.807) is 0 Å². The van der Waals surface area contributed by atoms with Gasteiger partial charge in [-0.15, -0.1) is 0 Å². The summed E-state index contributed by atoms with van der Waals surface area (Å²) in [5.41, 5.74) is -0.244. The molecule has 1 aliphatic rings. The summed E-state index contributed by atoms with van der Waals surface area (Å²) in [5, 5.41) is 15.8. The standard InChI is InChI=1S/C13H26N2O2/c1-10(2)14-12(17)11(3)15-13(9-16)7-5-4-6-8-13/h10-11,15-16H,4-9H2,1-3H3,(H,14,17). The average Bonchev–Trinajstić information content (AvgIpc) is 2.29. The Labute approximate surface area is 104 Å². The highest BCUT2D eigenvalue weighted by Crippen LogP contribution is 2.28. The number of aliphatic hydroxyl groups excluding tert-OH is 1. The van der Waals surface area contributed by atoms with Gasteiger partial charge >= 0.3 is 0 Å². The van der Waals surface area contributed by atoms with Crippen molar-refractivity contribution in [3.05, 3.63) is 0 Å². The number of carbonyl (C=O) groups excluding carboxylic acids is 1. The number of nitrogens with one attached hydrogen (secondary N) is 2. The first kappa shape index (κ1) is 14.5. The van der Waals surface area contributed by atoms with E-state index in [9.17, 15) is 9.90 Å². The molecule has 0 radical (unpaired) electrons. The van der Waals surface area contributed by atoms with Gasteiger partial charge in [0.25, 0.3) is 0 Å². The lowest BCUT2D eigenvalue weighted by Crippen LogP contribution is -2.57. The second-order valence-electron chi connectivity index (χ2n) is 5.53. The van der Waals surface area contributed by atoms with Gasteiger partial charge in [0.05, 0.1) is 12.6 Å². The maximum Gasteiger partial charge on any atom is 0.237 e. The zero-order chi connectivity index (χ0) is 12.9. The normalized spacial score (nSPS) is 21.2. The van der Waals surface area contributed by atoms with Gasteiger partial charge in [-0.1, -0.05) is 19.3 Å². The molecule has 3 N–H and O–H groups in total. The summed E-state index contributed by atoms with van der Waals surface area (Å²) < 4.78 is 0. The van der Waals surface area contributed by atoms with Crippen molar-refractivity contribution in [1.82, 2.24) is 10.6 Å². The first-order valence-corrected chi connectivity index (χ1v) is 6.68.